The summed E-state index contributed by atoms with van der Waals surface area (Å²) in [6.45, 7) is 2.99. The summed E-state index contributed by atoms with van der Waals surface area (Å²) in [4.78, 5) is 11.5. The molecule has 0 radical (unpaired) electrons. The number of benzene rings is 1. The minimum atomic E-state index is -0.265. The van der Waals surface area contributed by atoms with Gasteiger partial charge < -0.3 is 10.5 Å². The van der Waals surface area contributed by atoms with E-state index in [1.807, 2.05) is 12.1 Å². The number of carbonyl (C=O) groups is 1. The highest BCUT2D eigenvalue weighted by molar-refractivity contribution is 5.89. The molecule has 0 saturated carbocycles. The molecule has 1 aromatic carbocycles. The normalized spacial score (nSPS) is 10.0. The third-order valence-corrected chi connectivity index (χ3v) is 2.13. The molecular formula is C12H17NO2. The lowest BCUT2D eigenvalue weighted by Crippen LogP contribution is -2.07. The Balaban J connectivity index is 2.57. The van der Waals surface area contributed by atoms with Gasteiger partial charge in [0.1, 0.15) is 0 Å². The van der Waals surface area contributed by atoms with Gasteiger partial charge in [0.15, 0.2) is 0 Å². The summed E-state index contributed by atoms with van der Waals surface area (Å²) in [5.41, 5.74) is 7.01. The zero-order valence-corrected chi connectivity index (χ0v) is 9.03. The number of rotatable bonds is 5. The molecule has 0 bridgehead atoms. The van der Waals surface area contributed by atoms with Gasteiger partial charge in [0.2, 0.25) is 0 Å². The molecular weight excluding hydrogens is 190 g/mol. The van der Waals surface area contributed by atoms with E-state index in [-0.39, 0.29) is 5.97 Å². The van der Waals surface area contributed by atoms with Gasteiger partial charge in [0, 0.05) is 6.54 Å². The minimum Gasteiger partial charge on any atom is -0.462 e. The summed E-state index contributed by atoms with van der Waals surface area (Å²) in [5.74, 6) is -0.265. The van der Waals surface area contributed by atoms with Crippen LogP contribution in [0.4, 0.5) is 0 Å². The first-order chi connectivity index (χ1) is 7.27. The summed E-state index contributed by atoms with van der Waals surface area (Å²) < 4.78 is 5.09. The zero-order valence-electron chi connectivity index (χ0n) is 9.03. The molecule has 0 unspecified atom stereocenters. The average molecular weight is 207 g/mol. The summed E-state index contributed by atoms with van der Waals surface area (Å²) in [6.07, 6.45) is 1.93. The van der Waals surface area contributed by atoms with Crippen molar-refractivity contribution in [3.63, 3.8) is 0 Å². The van der Waals surface area contributed by atoms with Crippen molar-refractivity contribution in [2.45, 2.75) is 26.3 Å². The monoisotopic (exact) mass is 207 g/mol. The molecule has 0 aliphatic rings. The molecule has 0 fully saturated rings. The Labute approximate surface area is 90.2 Å². The number of esters is 1. The highest BCUT2D eigenvalue weighted by atomic mass is 16.5. The number of ether oxygens (including phenoxy) is 1. The first-order valence-corrected chi connectivity index (χ1v) is 5.24. The van der Waals surface area contributed by atoms with E-state index in [9.17, 15) is 4.79 Å². The second kappa shape index (κ2) is 6.19. The molecule has 0 aliphatic carbocycles. The van der Waals surface area contributed by atoms with Crippen LogP contribution in [0.3, 0.4) is 0 Å². The van der Waals surface area contributed by atoms with Gasteiger partial charge in [-0.1, -0.05) is 25.5 Å². The topological polar surface area (TPSA) is 52.3 Å². The fraction of sp³-hybridized carbons (Fsp3) is 0.417. The smallest absolute Gasteiger partial charge is 0.338 e. The first kappa shape index (κ1) is 11.7. The predicted octanol–water partition coefficient (Wildman–Crippen LogP) is 2.10. The number of hydrogen-bond acceptors (Lipinski definition) is 3. The molecule has 1 rings (SSSR count). The molecule has 0 heterocycles. The molecule has 3 nitrogen and oxygen atoms in total. The lowest BCUT2D eigenvalue weighted by molar-refractivity contribution is 0.0499. The quantitative estimate of drug-likeness (QED) is 0.594. The fourth-order valence-electron chi connectivity index (χ4n) is 1.22. The van der Waals surface area contributed by atoms with Crippen molar-refractivity contribution in [1.29, 1.82) is 0 Å². The molecule has 0 spiro atoms. The van der Waals surface area contributed by atoms with E-state index in [1.54, 1.807) is 12.1 Å². The van der Waals surface area contributed by atoms with E-state index in [1.165, 1.54) is 0 Å². The molecule has 2 N–H and O–H groups in total. The average Bonchev–Trinajstić information content (AvgIpc) is 2.29. The molecule has 0 aliphatic heterocycles. The maximum atomic E-state index is 11.5. The first-order valence-electron chi connectivity index (χ1n) is 5.24. The highest BCUT2D eigenvalue weighted by Crippen LogP contribution is 2.06. The van der Waals surface area contributed by atoms with Crippen LogP contribution in [0.15, 0.2) is 24.3 Å². The Morgan fingerprint density at radius 2 is 2.27 bits per heavy atom. The van der Waals surface area contributed by atoms with Gasteiger partial charge in [-0.3, -0.25) is 0 Å². The molecule has 82 valence electrons. The van der Waals surface area contributed by atoms with E-state index in [2.05, 4.69) is 6.92 Å². The van der Waals surface area contributed by atoms with Crippen molar-refractivity contribution in [2.24, 2.45) is 5.73 Å². The second-order valence-electron chi connectivity index (χ2n) is 3.39. The molecule has 0 saturated heterocycles. The van der Waals surface area contributed by atoms with Crippen molar-refractivity contribution in [1.82, 2.24) is 0 Å². The van der Waals surface area contributed by atoms with Crippen LogP contribution in [-0.2, 0) is 11.3 Å². The Bertz CT molecular complexity index is 323. The zero-order chi connectivity index (χ0) is 11.1. The van der Waals surface area contributed by atoms with Gasteiger partial charge in [-0.2, -0.15) is 0 Å². The largest absolute Gasteiger partial charge is 0.462 e. The maximum absolute atomic E-state index is 11.5. The van der Waals surface area contributed by atoms with Crippen LogP contribution in [-0.4, -0.2) is 12.6 Å². The Hall–Kier alpha value is -1.35. The van der Waals surface area contributed by atoms with Crippen LogP contribution in [0.25, 0.3) is 0 Å². The van der Waals surface area contributed by atoms with E-state index < -0.39 is 0 Å². The summed E-state index contributed by atoms with van der Waals surface area (Å²) >= 11 is 0. The predicted molar refractivity (Wildman–Crippen MR) is 59.5 cm³/mol. The van der Waals surface area contributed by atoms with Gasteiger partial charge in [0.05, 0.1) is 12.2 Å². The van der Waals surface area contributed by atoms with Crippen LogP contribution in [0.5, 0.6) is 0 Å². The van der Waals surface area contributed by atoms with Gasteiger partial charge >= 0.3 is 5.97 Å². The van der Waals surface area contributed by atoms with Crippen LogP contribution in [0.1, 0.15) is 35.7 Å². The molecule has 3 heteroatoms. The lowest BCUT2D eigenvalue weighted by Gasteiger charge is -2.04. The number of hydrogen-bond donors (Lipinski definition) is 1. The molecule has 1 aromatic rings. The summed E-state index contributed by atoms with van der Waals surface area (Å²) in [6, 6.07) is 7.23. The van der Waals surface area contributed by atoms with Gasteiger partial charge in [-0.15, -0.1) is 0 Å². The van der Waals surface area contributed by atoms with Gasteiger partial charge in [-0.25, -0.2) is 4.79 Å². The third-order valence-electron chi connectivity index (χ3n) is 2.13. The standard InChI is InChI=1S/C12H17NO2/c1-2-3-7-15-12(14)11-6-4-5-10(8-11)9-13/h4-6,8H,2-3,7,9,13H2,1H3. The van der Waals surface area contributed by atoms with E-state index in [0.29, 0.717) is 18.7 Å². The highest BCUT2D eigenvalue weighted by Gasteiger charge is 2.06. The van der Waals surface area contributed by atoms with Crippen LogP contribution in [0, 0.1) is 0 Å². The van der Waals surface area contributed by atoms with Crippen LogP contribution >= 0.6 is 0 Å². The van der Waals surface area contributed by atoms with Crippen molar-refractivity contribution >= 4 is 5.97 Å². The maximum Gasteiger partial charge on any atom is 0.338 e. The number of nitrogens with two attached hydrogens (primary N) is 1. The van der Waals surface area contributed by atoms with Crippen molar-refractivity contribution in [3.8, 4) is 0 Å². The third kappa shape index (κ3) is 3.72. The molecule has 15 heavy (non-hydrogen) atoms. The van der Waals surface area contributed by atoms with E-state index >= 15 is 0 Å². The number of carbonyl (C=O) groups excluding carboxylic acids is 1. The number of unbranched alkanes of at least 4 members (excludes halogenated alkanes) is 1. The van der Waals surface area contributed by atoms with Crippen LogP contribution in [0.2, 0.25) is 0 Å². The minimum absolute atomic E-state index is 0.265. The lowest BCUT2D eigenvalue weighted by atomic mass is 10.1. The van der Waals surface area contributed by atoms with Crippen molar-refractivity contribution in [2.75, 3.05) is 6.61 Å². The van der Waals surface area contributed by atoms with E-state index in [0.717, 1.165) is 18.4 Å². The fourth-order valence-corrected chi connectivity index (χ4v) is 1.22. The van der Waals surface area contributed by atoms with Crippen molar-refractivity contribution < 1.29 is 9.53 Å². The molecule has 0 aromatic heterocycles. The van der Waals surface area contributed by atoms with E-state index in [4.69, 9.17) is 10.5 Å². The van der Waals surface area contributed by atoms with Crippen LogP contribution < -0.4 is 5.73 Å². The second-order valence-corrected chi connectivity index (χ2v) is 3.39. The Morgan fingerprint density at radius 1 is 1.47 bits per heavy atom. The van der Waals surface area contributed by atoms with Gasteiger partial charge in [0.25, 0.3) is 0 Å². The summed E-state index contributed by atoms with van der Waals surface area (Å²) in [5, 5.41) is 0. The SMILES string of the molecule is CCCCOC(=O)c1cccc(CN)c1. The molecule has 0 atom stereocenters. The van der Waals surface area contributed by atoms with Gasteiger partial charge in [-0.05, 0) is 24.1 Å². The Morgan fingerprint density at radius 3 is 2.93 bits per heavy atom. The van der Waals surface area contributed by atoms with Crippen molar-refractivity contribution in [3.05, 3.63) is 35.4 Å². The Kier molecular flexibility index (Phi) is 4.84. The summed E-state index contributed by atoms with van der Waals surface area (Å²) in [7, 11) is 0. The molecule has 0 amide bonds.